The fraction of sp³-hybridized carbons (Fsp3) is 0.522. The van der Waals surface area contributed by atoms with Gasteiger partial charge in [0.25, 0.3) is 5.91 Å². The summed E-state index contributed by atoms with van der Waals surface area (Å²) >= 11 is 5.54. The van der Waals surface area contributed by atoms with Crippen molar-refractivity contribution >= 4 is 23.9 Å². The number of fused-ring (bicyclic) bond motifs is 2. The van der Waals surface area contributed by atoms with E-state index in [1.807, 2.05) is 15.6 Å². The van der Waals surface area contributed by atoms with Gasteiger partial charge in [-0.15, -0.1) is 0 Å². The van der Waals surface area contributed by atoms with Gasteiger partial charge in [0.2, 0.25) is 6.41 Å². The number of amides is 2. The lowest BCUT2D eigenvalue weighted by Crippen LogP contribution is -2.33. The third-order valence-corrected chi connectivity index (χ3v) is 6.69. The molecule has 0 bridgehead atoms. The van der Waals surface area contributed by atoms with Crippen LogP contribution in [0.2, 0.25) is 5.02 Å². The number of benzene rings is 1. The zero-order valence-corrected chi connectivity index (χ0v) is 20.0. The highest BCUT2D eigenvalue weighted by molar-refractivity contribution is 6.30. The van der Waals surface area contributed by atoms with E-state index in [1.165, 1.54) is 13.2 Å². The predicted molar refractivity (Wildman–Crippen MR) is 122 cm³/mol. The van der Waals surface area contributed by atoms with Crippen molar-refractivity contribution in [2.45, 2.75) is 25.9 Å². The van der Waals surface area contributed by atoms with Gasteiger partial charge < -0.3 is 19.9 Å². The molecule has 0 spiro atoms. The molecule has 1 aromatic carbocycles. The van der Waals surface area contributed by atoms with Crippen LogP contribution in [-0.2, 0) is 35.4 Å². The summed E-state index contributed by atoms with van der Waals surface area (Å²) in [5.74, 6) is 1.22. The van der Waals surface area contributed by atoms with Crippen LogP contribution in [0.4, 0.5) is 13.2 Å². The number of carbonyl (C=O) groups is 2. The Morgan fingerprint density at radius 3 is 2.54 bits per heavy atom. The van der Waals surface area contributed by atoms with Gasteiger partial charge >= 0.3 is 6.18 Å². The summed E-state index contributed by atoms with van der Waals surface area (Å²) in [6.07, 6.45) is -3.51. The van der Waals surface area contributed by atoms with E-state index in [2.05, 4.69) is 10.4 Å². The minimum atomic E-state index is -4.37. The summed E-state index contributed by atoms with van der Waals surface area (Å²) in [6.45, 7) is 5.67. The summed E-state index contributed by atoms with van der Waals surface area (Å²) in [4.78, 5) is 27.1. The molecule has 8 nitrogen and oxygen atoms in total. The van der Waals surface area contributed by atoms with Gasteiger partial charge in [0.1, 0.15) is 0 Å². The Hall–Kier alpha value is -2.63. The number of nitrogens with one attached hydrogen (secondary N) is 1. The van der Waals surface area contributed by atoms with Gasteiger partial charge in [-0.1, -0.05) is 11.6 Å². The van der Waals surface area contributed by atoms with Gasteiger partial charge in [-0.05, 0) is 41.7 Å². The maximum absolute atomic E-state index is 12.6. The van der Waals surface area contributed by atoms with Crippen molar-refractivity contribution in [2.75, 3.05) is 39.8 Å². The fourth-order valence-corrected chi connectivity index (χ4v) is 4.99. The number of rotatable bonds is 4. The molecule has 12 heteroatoms. The third-order valence-electron chi connectivity index (χ3n) is 6.47. The first-order chi connectivity index (χ1) is 16.7. The van der Waals surface area contributed by atoms with E-state index in [-0.39, 0.29) is 17.5 Å². The summed E-state index contributed by atoms with van der Waals surface area (Å²) in [7, 11) is 1.41. The molecule has 190 valence electrons. The van der Waals surface area contributed by atoms with Crippen LogP contribution >= 0.6 is 11.6 Å². The van der Waals surface area contributed by atoms with E-state index in [9.17, 15) is 22.8 Å². The summed E-state index contributed by atoms with van der Waals surface area (Å²) in [5.41, 5.74) is 1.12. The molecule has 0 radical (unpaired) electrons. The number of hydrogen-bond donors (Lipinski definition) is 1. The smallest absolute Gasteiger partial charge is 0.380 e. The lowest BCUT2D eigenvalue weighted by Gasteiger charge is -2.23. The minimum Gasteiger partial charge on any atom is -0.380 e. The van der Waals surface area contributed by atoms with Crippen LogP contribution < -0.4 is 5.32 Å². The lowest BCUT2D eigenvalue weighted by atomic mass is 10.0. The predicted octanol–water partition coefficient (Wildman–Crippen LogP) is 2.65. The third kappa shape index (κ3) is 5.96. The first kappa shape index (κ1) is 25.5. The fourth-order valence-electron chi connectivity index (χ4n) is 4.73. The van der Waals surface area contributed by atoms with Crippen LogP contribution in [0.3, 0.4) is 0 Å². The molecule has 3 aliphatic heterocycles. The second-order valence-electron chi connectivity index (χ2n) is 8.99. The topological polar surface area (TPSA) is 79.7 Å². The van der Waals surface area contributed by atoms with Gasteiger partial charge in [0, 0.05) is 44.9 Å². The van der Waals surface area contributed by atoms with Gasteiger partial charge in [0.15, 0.2) is 5.69 Å². The van der Waals surface area contributed by atoms with E-state index in [4.69, 9.17) is 16.3 Å². The van der Waals surface area contributed by atoms with Crippen molar-refractivity contribution in [1.29, 1.82) is 0 Å². The van der Waals surface area contributed by atoms with E-state index in [0.29, 0.717) is 42.7 Å². The molecule has 2 amide bonds. The molecule has 2 fully saturated rings. The lowest BCUT2D eigenvalue weighted by molar-refractivity contribution is -0.137. The molecule has 2 aromatic rings. The first-order valence-electron chi connectivity index (χ1n) is 11.3. The minimum absolute atomic E-state index is 0.0314. The summed E-state index contributed by atoms with van der Waals surface area (Å²) in [5, 5.41) is 7.87. The quantitative estimate of drug-likeness (QED) is 0.636. The Bertz CT molecular complexity index is 1070. The number of nitrogens with zero attached hydrogens (tertiary/aromatic N) is 4. The number of hydrogen-bond acceptors (Lipinski definition) is 5. The highest BCUT2D eigenvalue weighted by Gasteiger charge is 2.39. The maximum atomic E-state index is 12.6. The number of alkyl halides is 3. The highest BCUT2D eigenvalue weighted by atomic mass is 35.5. The number of likely N-dealkylation sites (tertiary alicyclic amines) is 1. The van der Waals surface area contributed by atoms with Crippen LogP contribution in [0.25, 0.3) is 0 Å². The molecule has 2 unspecified atom stereocenters. The molecule has 2 saturated heterocycles. The SMILES string of the molecule is COCc1cc(Cl)cc(C(F)(F)F)c1.O=CN1CCn2nc(C(=O)N3CC4CNCC4C3)cc2C1. The zero-order chi connectivity index (χ0) is 25.2. The molecule has 0 saturated carbocycles. The van der Waals surface area contributed by atoms with Gasteiger partial charge in [-0.2, -0.15) is 18.3 Å². The Morgan fingerprint density at radius 2 is 1.91 bits per heavy atom. The van der Waals surface area contributed by atoms with Crippen molar-refractivity contribution in [3.8, 4) is 0 Å². The monoisotopic (exact) mass is 513 g/mol. The molecule has 35 heavy (non-hydrogen) atoms. The number of halogens is 4. The van der Waals surface area contributed by atoms with Crippen LogP contribution in [-0.4, -0.2) is 71.7 Å². The number of aromatic nitrogens is 2. The maximum Gasteiger partial charge on any atom is 0.416 e. The van der Waals surface area contributed by atoms with Gasteiger partial charge in [0.05, 0.1) is 31.0 Å². The Balaban J connectivity index is 0.000000181. The standard InChI is InChI=1S/C14H19N5O2.C9H8ClF3O/c20-9-17-1-2-19-12(8-17)3-13(16-19)14(21)18-6-10-4-15-5-11(10)7-18;1-14-5-6-2-7(9(11,12)13)4-8(10)3-6/h3,9-11,15H,1-2,4-8H2;2-4H,5H2,1H3. The molecule has 2 atom stereocenters. The molecule has 0 aliphatic carbocycles. The Morgan fingerprint density at radius 1 is 1.20 bits per heavy atom. The molecule has 1 aromatic heterocycles. The van der Waals surface area contributed by atoms with E-state index in [1.54, 1.807) is 4.90 Å². The first-order valence-corrected chi connectivity index (χ1v) is 11.7. The van der Waals surface area contributed by atoms with Crippen LogP contribution in [0.1, 0.15) is 27.3 Å². The summed E-state index contributed by atoms with van der Waals surface area (Å²) < 4.78 is 43.4. The van der Waals surface area contributed by atoms with Crippen molar-refractivity contribution in [3.05, 3.63) is 51.8 Å². The highest BCUT2D eigenvalue weighted by Crippen LogP contribution is 2.32. The number of carbonyl (C=O) groups excluding carboxylic acids is 2. The molecular weight excluding hydrogens is 487 g/mol. The summed E-state index contributed by atoms with van der Waals surface area (Å²) in [6, 6.07) is 5.20. The zero-order valence-electron chi connectivity index (χ0n) is 19.2. The number of ether oxygens (including phenoxy) is 1. The van der Waals surface area contributed by atoms with E-state index >= 15 is 0 Å². The van der Waals surface area contributed by atoms with Crippen molar-refractivity contribution in [2.24, 2.45) is 11.8 Å². The van der Waals surface area contributed by atoms with Gasteiger partial charge in [-0.25, -0.2) is 0 Å². The van der Waals surface area contributed by atoms with Gasteiger partial charge in [-0.3, -0.25) is 14.3 Å². The Labute approximate surface area is 205 Å². The number of methoxy groups -OCH3 is 1. The molecule has 1 N–H and O–H groups in total. The van der Waals surface area contributed by atoms with Crippen LogP contribution in [0, 0.1) is 11.8 Å². The molecule has 4 heterocycles. The van der Waals surface area contributed by atoms with Crippen molar-refractivity contribution in [1.82, 2.24) is 24.9 Å². The average molecular weight is 514 g/mol. The normalized spacial score (nSPS) is 21.3. The van der Waals surface area contributed by atoms with E-state index in [0.717, 1.165) is 50.4 Å². The largest absolute Gasteiger partial charge is 0.416 e. The van der Waals surface area contributed by atoms with E-state index < -0.39 is 11.7 Å². The Kier molecular flexibility index (Phi) is 7.67. The van der Waals surface area contributed by atoms with Crippen LogP contribution in [0.15, 0.2) is 24.3 Å². The molecular formula is C23H27ClF3N5O3. The molecule has 3 aliphatic rings. The average Bonchev–Trinajstić information content (AvgIpc) is 3.52. The molecule has 5 rings (SSSR count). The van der Waals surface area contributed by atoms with Crippen LogP contribution in [0.5, 0.6) is 0 Å². The van der Waals surface area contributed by atoms with Crippen molar-refractivity contribution in [3.63, 3.8) is 0 Å². The second kappa shape index (κ2) is 10.5. The van der Waals surface area contributed by atoms with Crippen molar-refractivity contribution < 1.29 is 27.5 Å². The second-order valence-corrected chi connectivity index (χ2v) is 9.42.